The van der Waals surface area contributed by atoms with Gasteiger partial charge in [0, 0.05) is 0 Å². The molecule has 0 saturated carbocycles. The summed E-state index contributed by atoms with van der Waals surface area (Å²) in [5.41, 5.74) is 10.0. The van der Waals surface area contributed by atoms with Crippen molar-refractivity contribution in [1.29, 1.82) is 0 Å². The summed E-state index contributed by atoms with van der Waals surface area (Å²) in [5.74, 6) is -2.26. The van der Waals surface area contributed by atoms with Gasteiger partial charge in [0.25, 0.3) is 5.91 Å². The molecule has 0 bridgehead atoms. The molecule has 0 aromatic heterocycles. The van der Waals surface area contributed by atoms with Gasteiger partial charge in [-0.25, -0.2) is 0 Å². The van der Waals surface area contributed by atoms with E-state index in [9.17, 15) is 24.9 Å². The van der Waals surface area contributed by atoms with Crippen molar-refractivity contribution in [2.24, 2.45) is 11.5 Å². The standard InChI is InChI=1S/C24H46N2O6/c1-2-3-4-5-6-7-8-9-10-11-12-13-14-15-16-17-18-32-22(24(26)31)20(28)19(27)21(29)23(25)30/h17-22,27-29H,2-16H2,1H3,(H2,25,30)(H2,26,31)/b18-17+/t19-,20-,21-,22+/m0/s1. The molecule has 2 amide bonds. The van der Waals surface area contributed by atoms with Crippen molar-refractivity contribution < 1.29 is 29.6 Å². The number of hydrogen-bond acceptors (Lipinski definition) is 6. The minimum Gasteiger partial charge on any atom is -0.486 e. The van der Waals surface area contributed by atoms with Crippen LogP contribution in [0.4, 0.5) is 0 Å². The molecule has 0 unspecified atom stereocenters. The molecule has 8 heteroatoms. The maximum absolute atomic E-state index is 11.4. The Balaban J connectivity index is 3.77. The molecule has 0 saturated heterocycles. The molecule has 8 nitrogen and oxygen atoms in total. The Morgan fingerprint density at radius 1 is 0.719 bits per heavy atom. The first-order valence-electron chi connectivity index (χ1n) is 12.3. The number of nitrogens with two attached hydrogens (primary N) is 2. The maximum atomic E-state index is 11.4. The molecule has 7 N–H and O–H groups in total. The average molecular weight is 459 g/mol. The molecule has 0 aromatic rings. The average Bonchev–Trinajstić information content (AvgIpc) is 2.76. The molecule has 4 atom stereocenters. The highest BCUT2D eigenvalue weighted by Crippen LogP contribution is 2.14. The van der Waals surface area contributed by atoms with Crippen LogP contribution in [-0.4, -0.2) is 51.5 Å². The van der Waals surface area contributed by atoms with E-state index in [4.69, 9.17) is 16.2 Å². The van der Waals surface area contributed by atoms with Crippen molar-refractivity contribution in [2.45, 2.75) is 128 Å². The van der Waals surface area contributed by atoms with Crippen LogP contribution in [0.25, 0.3) is 0 Å². The summed E-state index contributed by atoms with van der Waals surface area (Å²) in [7, 11) is 0. The van der Waals surface area contributed by atoms with Gasteiger partial charge in [0.1, 0.15) is 12.2 Å². The third kappa shape index (κ3) is 15.2. The predicted molar refractivity (Wildman–Crippen MR) is 125 cm³/mol. The lowest BCUT2D eigenvalue weighted by atomic mass is 10.0. The Labute approximate surface area is 193 Å². The summed E-state index contributed by atoms with van der Waals surface area (Å²) in [5, 5.41) is 29.0. The summed E-state index contributed by atoms with van der Waals surface area (Å²) in [6.07, 6.45) is 14.2. The minimum atomic E-state index is -2.03. The smallest absolute Gasteiger partial charge is 0.261 e. The fourth-order valence-electron chi connectivity index (χ4n) is 3.51. The Bertz CT molecular complexity index is 515. The van der Waals surface area contributed by atoms with Gasteiger partial charge in [-0.3, -0.25) is 9.59 Å². The number of hydrogen-bond donors (Lipinski definition) is 5. The first-order chi connectivity index (χ1) is 15.3. The molecule has 0 heterocycles. The van der Waals surface area contributed by atoms with E-state index in [1.807, 2.05) is 0 Å². The van der Waals surface area contributed by atoms with Crippen LogP contribution >= 0.6 is 0 Å². The molecule has 188 valence electrons. The van der Waals surface area contributed by atoms with Gasteiger partial charge >= 0.3 is 0 Å². The number of unbranched alkanes of at least 4 members (excludes halogenated alkanes) is 14. The highest BCUT2D eigenvalue weighted by molar-refractivity contribution is 5.81. The summed E-state index contributed by atoms with van der Waals surface area (Å²) in [6.45, 7) is 2.25. The topological polar surface area (TPSA) is 156 Å². The number of rotatable bonds is 22. The van der Waals surface area contributed by atoms with Gasteiger partial charge in [-0.1, -0.05) is 90.4 Å². The summed E-state index contributed by atoms with van der Waals surface area (Å²) in [6, 6.07) is 0. The quantitative estimate of drug-likeness (QED) is 0.124. The van der Waals surface area contributed by atoms with Crippen LogP contribution in [0.5, 0.6) is 0 Å². The molecular formula is C24H46N2O6. The molecule has 0 aromatic carbocycles. The van der Waals surface area contributed by atoms with E-state index >= 15 is 0 Å². The van der Waals surface area contributed by atoms with Crippen LogP contribution in [0.3, 0.4) is 0 Å². The molecule has 0 aliphatic rings. The fourth-order valence-corrected chi connectivity index (χ4v) is 3.51. The van der Waals surface area contributed by atoms with Crippen molar-refractivity contribution in [2.75, 3.05) is 0 Å². The van der Waals surface area contributed by atoms with Gasteiger partial charge < -0.3 is 31.5 Å². The Morgan fingerprint density at radius 3 is 1.56 bits per heavy atom. The van der Waals surface area contributed by atoms with Crippen LogP contribution < -0.4 is 11.5 Å². The molecular weight excluding hydrogens is 412 g/mol. The minimum absolute atomic E-state index is 0.742. The Kier molecular flexibility index (Phi) is 19.0. The van der Waals surface area contributed by atoms with Crippen LogP contribution in [0.1, 0.15) is 103 Å². The molecule has 0 radical (unpaired) electrons. The lowest BCUT2D eigenvalue weighted by Crippen LogP contribution is -2.53. The Hall–Kier alpha value is -1.64. The zero-order chi connectivity index (χ0) is 24.2. The molecule has 32 heavy (non-hydrogen) atoms. The van der Waals surface area contributed by atoms with Crippen molar-refractivity contribution in [3.63, 3.8) is 0 Å². The zero-order valence-electron chi connectivity index (χ0n) is 19.8. The van der Waals surface area contributed by atoms with Gasteiger partial charge in [0.15, 0.2) is 6.10 Å². The van der Waals surface area contributed by atoms with Gasteiger partial charge in [0.05, 0.1) is 6.26 Å². The highest BCUT2D eigenvalue weighted by atomic mass is 16.5. The second-order valence-corrected chi connectivity index (χ2v) is 8.54. The molecule has 0 aliphatic carbocycles. The number of aliphatic hydroxyl groups is 3. The zero-order valence-corrected chi connectivity index (χ0v) is 19.8. The van der Waals surface area contributed by atoms with Crippen LogP contribution in [0, 0.1) is 0 Å². The predicted octanol–water partition coefficient (Wildman–Crippen LogP) is 2.81. The van der Waals surface area contributed by atoms with Crippen molar-refractivity contribution >= 4 is 11.8 Å². The van der Waals surface area contributed by atoms with Crippen LogP contribution in [-0.2, 0) is 14.3 Å². The lowest BCUT2D eigenvalue weighted by Gasteiger charge is -2.25. The van der Waals surface area contributed by atoms with Crippen LogP contribution in [0.15, 0.2) is 12.3 Å². The van der Waals surface area contributed by atoms with E-state index in [-0.39, 0.29) is 0 Å². The summed E-state index contributed by atoms with van der Waals surface area (Å²) >= 11 is 0. The van der Waals surface area contributed by atoms with Gasteiger partial charge in [0.2, 0.25) is 12.0 Å². The second kappa shape index (κ2) is 20.0. The van der Waals surface area contributed by atoms with E-state index in [1.54, 1.807) is 6.08 Å². The maximum Gasteiger partial charge on any atom is 0.261 e. The third-order valence-electron chi connectivity index (χ3n) is 5.60. The number of allylic oxidation sites excluding steroid dienone is 1. The van der Waals surface area contributed by atoms with E-state index < -0.39 is 36.2 Å². The fraction of sp³-hybridized carbons (Fsp3) is 0.833. The van der Waals surface area contributed by atoms with E-state index in [2.05, 4.69) is 6.92 Å². The Morgan fingerprint density at radius 2 is 1.16 bits per heavy atom. The molecule has 0 fully saturated rings. The number of carbonyl (C=O) groups excluding carboxylic acids is 2. The third-order valence-corrected chi connectivity index (χ3v) is 5.60. The van der Waals surface area contributed by atoms with Gasteiger partial charge in [-0.05, 0) is 18.9 Å². The molecule has 0 spiro atoms. The normalized spacial score (nSPS) is 15.4. The number of aliphatic hydroxyl groups excluding tert-OH is 3. The first-order valence-corrected chi connectivity index (χ1v) is 12.3. The molecule has 0 rings (SSSR count). The lowest BCUT2D eigenvalue weighted by molar-refractivity contribution is -0.152. The van der Waals surface area contributed by atoms with Crippen molar-refractivity contribution in [1.82, 2.24) is 0 Å². The first kappa shape index (κ1) is 30.4. The summed E-state index contributed by atoms with van der Waals surface area (Å²) in [4.78, 5) is 22.3. The highest BCUT2D eigenvalue weighted by Gasteiger charge is 2.37. The van der Waals surface area contributed by atoms with Gasteiger partial charge in [-0.2, -0.15) is 0 Å². The van der Waals surface area contributed by atoms with Gasteiger partial charge in [-0.15, -0.1) is 0 Å². The second-order valence-electron chi connectivity index (χ2n) is 8.54. The SMILES string of the molecule is CCCCCCCCCCCCCCCC/C=C/O[C@@H](C(N)=O)[C@@H](O)[C@H](O)[C@H](O)C(N)=O. The van der Waals surface area contributed by atoms with Crippen molar-refractivity contribution in [3.05, 3.63) is 12.3 Å². The largest absolute Gasteiger partial charge is 0.486 e. The van der Waals surface area contributed by atoms with Crippen LogP contribution in [0.2, 0.25) is 0 Å². The van der Waals surface area contributed by atoms with E-state index in [1.165, 1.54) is 83.3 Å². The number of carbonyl (C=O) groups is 2. The van der Waals surface area contributed by atoms with Crippen molar-refractivity contribution in [3.8, 4) is 0 Å². The summed E-state index contributed by atoms with van der Waals surface area (Å²) < 4.78 is 5.11. The number of ether oxygens (including phenoxy) is 1. The van der Waals surface area contributed by atoms with E-state index in [0.29, 0.717) is 0 Å². The number of primary amides is 2. The monoisotopic (exact) mass is 458 g/mol. The molecule has 0 aliphatic heterocycles. The van der Waals surface area contributed by atoms with E-state index in [0.717, 1.165) is 19.3 Å². The number of amides is 2.